The van der Waals surface area contributed by atoms with Crippen LogP contribution in [0.2, 0.25) is 0 Å². The van der Waals surface area contributed by atoms with Crippen LogP contribution in [0.1, 0.15) is 52.2 Å². The number of benzene rings is 6. The quantitative estimate of drug-likeness (QED) is 0.172. The first-order valence-corrected chi connectivity index (χ1v) is 18.5. The van der Waals surface area contributed by atoms with E-state index in [4.69, 9.17) is 8.83 Å². The molecule has 6 aromatic carbocycles. The van der Waals surface area contributed by atoms with E-state index in [0.29, 0.717) is 11.2 Å². The van der Waals surface area contributed by atoms with E-state index in [2.05, 4.69) is 149 Å². The number of hydrogen-bond donors (Lipinski definition) is 3. The van der Waals surface area contributed by atoms with Crippen LogP contribution < -0.4 is 16.0 Å². The lowest BCUT2D eigenvalue weighted by Gasteiger charge is -2.39. The van der Waals surface area contributed by atoms with Gasteiger partial charge in [-0.25, -0.2) is 0 Å². The first-order chi connectivity index (χ1) is 25.2. The third-order valence-corrected chi connectivity index (χ3v) is 12.1. The Labute approximate surface area is 299 Å². The molecular weight excluding hydrogens is 647 g/mol. The number of allylic oxidation sites excluding steroid dienone is 3. The third kappa shape index (κ3) is 4.83. The second-order valence-corrected chi connectivity index (χ2v) is 15.0. The van der Waals surface area contributed by atoms with E-state index in [0.717, 1.165) is 55.0 Å². The molecule has 51 heavy (non-hydrogen) atoms. The molecule has 1 aliphatic carbocycles. The molecule has 3 N–H and O–H groups in total. The van der Waals surface area contributed by atoms with Crippen LogP contribution >= 0.6 is 11.8 Å². The minimum absolute atomic E-state index is 0.0494. The summed E-state index contributed by atoms with van der Waals surface area (Å²) in [6.45, 7) is 0. The summed E-state index contributed by atoms with van der Waals surface area (Å²) in [6, 6.07) is 47.3. The van der Waals surface area contributed by atoms with Gasteiger partial charge in [-0.2, -0.15) is 0 Å². The molecule has 0 bridgehead atoms. The molecule has 2 aromatic heterocycles. The molecule has 4 heterocycles. The molecule has 0 spiro atoms. The normalized spacial score (nSPS) is 22.8. The van der Waals surface area contributed by atoms with Crippen LogP contribution in [0.4, 0.5) is 0 Å². The third-order valence-electron chi connectivity index (χ3n) is 10.8. The van der Waals surface area contributed by atoms with Gasteiger partial charge in [0.05, 0.1) is 18.5 Å². The average molecular weight is 680 g/mol. The first kappa shape index (κ1) is 29.4. The maximum atomic E-state index is 6.41. The summed E-state index contributed by atoms with van der Waals surface area (Å²) >= 11 is 1.96. The number of thioether (sulfide) groups is 1. The summed E-state index contributed by atoms with van der Waals surface area (Å²) in [5.41, 5.74) is 11.0. The zero-order valence-corrected chi connectivity index (χ0v) is 28.4. The van der Waals surface area contributed by atoms with Crippen LogP contribution in [0.25, 0.3) is 49.5 Å². The fraction of sp³-hybridized carbons (Fsp3) is 0.111. The lowest BCUT2D eigenvalue weighted by molar-refractivity contribution is 0.203. The summed E-state index contributed by atoms with van der Waals surface area (Å²) < 4.78 is 12.7. The number of rotatable bonds is 4. The predicted octanol–water partition coefficient (Wildman–Crippen LogP) is 10.9. The van der Waals surface area contributed by atoms with Gasteiger partial charge in [-0.05, 0) is 52.1 Å². The number of hydrogen-bond acceptors (Lipinski definition) is 6. The van der Waals surface area contributed by atoms with Crippen molar-refractivity contribution in [2.24, 2.45) is 0 Å². The number of fused-ring (bicyclic) bond motifs is 9. The van der Waals surface area contributed by atoms with E-state index in [1.165, 1.54) is 27.2 Å². The molecule has 6 heteroatoms. The molecule has 5 nitrogen and oxygen atoms in total. The van der Waals surface area contributed by atoms with E-state index >= 15 is 0 Å². The van der Waals surface area contributed by atoms with Gasteiger partial charge in [0.15, 0.2) is 0 Å². The Hall–Kier alpha value is -5.37. The molecule has 11 rings (SSSR count). The van der Waals surface area contributed by atoms with Crippen molar-refractivity contribution < 1.29 is 8.83 Å². The standard InChI is InChI=1S/C45H33N3O2S/c1-2-9-26(10-3-1)43-46-44(28-17-20-33-31-11-4-6-15-37(31)49-39(33)24-28)48-45(47-43)29-18-21-34-36-23-27(19-22-40(36)51-41(34)25-29)30-13-8-14-35-32-12-5-7-16-38(32)50-42(30)35/h1-25,36,40,43-48H. The molecule has 0 amide bonds. The molecule has 246 valence electrons. The van der Waals surface area contributed by atoms with Crippen molar-refractivity contribution in [3.63, 3.8) is 0 Å². The second kappa shape index (κ2) is 11.6. The van der Waals surface area contributed by atoms with E-state index < -0.39 is 0 Å². The Kier molecular flexibility index (Phi) is 6.67. The zero-order chi connectivity index (χ0) is 33.5. The summed E-state index contributed by atoms with van der Waals surface area (Å²) in [6.07, 6.45) is 6.88. The summed E-state index contributed by atoms with van der Waals surface area (Å²) in [5.74, 6) is 0.299. The molecule has 0 saturated carbocycles. The maximum Gasteiger partial charge on any atom is 0.143 e. The number of para-hydroxylation sites is 3. The van der Waals surface area contributed by atoms with Crippen molar-refractivity contribution >= 4 is 61.2 Å². The van der Waals surface area contributed by atoms with E-state index in [-0.39, 0.29) is 18.5 Å². The van der Waals surface area contributed by atoms with Gasteiger partial charge in [0.25, 0.3) is 0 Å². The highest BCUT2D eigenvalue weighted by Crippen LogP contribution is 2.51. The minimum Gasteiger partial charge on any atom is -0.456 e. The van der Waals surface area contributed by atoms with Crippen molar-refractivity contribution in [2.75, 3.05) is 0 Å². The maximum absolute atomic E-state index is 6.41. The smallest absolute Gasteiger partial charge is 0.143 e. The fourth-order valence-corrected chi connectivity index (χ4v) is 9.61. The lowest BCUT2D eigenvalue weighted by atomic mass is 9.86. The molecule has 1 saturated heterocycles. The monoisotopic (exact) mass is 679 g/mol. The van der Waals surface area contributed by atoms with Crippen molar-refractivity contribution in [3.05, 3.63) is 180 Å². The van der Waals surface area contributed by atoms with Crippen molar-refractivity contribution in [1.82, 2.24) is 16.0 Å². The highest BCUT2D eigenvalue weighted by Gasteiger charge is 2.35. The van der Waals surface area contributed by atoms with Crippen LogP contribution in [-0.2, 0) is 0 Å². The average Bonchev–Trinajstić information content (AvgIpc) is 3.88. The van der Waals surface area contributed by atoms with Gasteiger partial charge in [0.2, 0.25) is 0 Å². The molecule has 3 aliphatic rings. The molecular formula is C45H33N3O2S. The Morgan fingerprint density at radius 3 is 1.98 bits per heavy atom. The first-order valence-electron chi connectivity index (χ1n) is 17.6. The topological polar surface area (TPSA) is 62.4 Å². The molecule has 5 unspecified atom stereocenters. The van der Waals surface area contributed by atoms with Crippen molar-refractivity contribution in [2.45, 2.75) is 34.6 Å². The highest BCUT2D eigenvalue weighted by molar-refractivity contribution is 8.00. The van der Waals surface area contributed by atoms with Crippen molar-refractivity contribution in [1.29, 1.82) is 0 Å². The largest absolute Gasteiger partial charge is 0.456 e. The van der Waals surface area contributed by atoms with Crippen molar-refractivity contribution in [3.8, 4) is 0 Å². The lowest BCUT2D eigenvalue weighted by Crippen LogP contribution is -2.54. The van der Waals surface area contributed by atoms with Crippen LogP contribution in [0.3, 0.4) is 0 Å². The zero-order valence-electron chi connectivity index (χ0n) is 27.5. The van der Waals surface area contributed by atoms with Gasteiger partial charge in [-0.3, -0.25) is 16.0 Å². The van der Waals surface area contributed by atoms with Gasteiger partial charge in [-0.15, -0.1) is 11.8 Å². The van der Waals surface area contributed by atoms with Gasteiger partial charge in [0.1, 0.15) is 22.3 Å². The Balaban J connectivity index is 0.930. The molecule has 1 fully saturated rings. The van der Waals surface area contributed by atoms with Gasteiger partial charge < -0.3 is 8.83 Å². The van der Waals surface area contributed by atoms with Gasteiger partial charge >= 0.3 is 0 Å². The predicted molar refractivity (Wildman–Crippen MR) is 207 cm³/mol. The van der Waals surface area contributed by atoms with E-state index in [1.807, 2.05) is 30.0 Å². The van der Waals surface area contributed by atoms with Crippen LogP contribution in [0.5, 0.6) is 0 Å². The molecule has 5 atom stereocenters. The number of furan rings is 2. The highest BCUT2D eigenvalue weighted by atomic mass is 32.2. The summed E-state index contributed by atoms with van der Waals surface area (Å²) in [5, 5.41) is 16.5. The summed E-state index contributed by atoms with van der Waals surface area (Å²) in [7, 11) is 0. The molecule has 2 aliphatic heterocycles. The van der Waals surface area contributed by atoms with Gasteiger partial charge in [0, 0.05) is 43.2 Å². The Bertz CT molecular complexity index is 2710. The molecule has 8 aromatic rings. The molecule has 0 radical (unpaired) electrons. The summed E-state index contributed by atoms with van der Waals surface area (Å²) in [4.78, 5) is 1.34. The minimum atomic E-state index is -0.100. The van der Waals surface area contributed by atoms with Crippen LogP contribution in [-0.4, -0.2) is 5.25 Å². The SMILES string of the molecule is C1=CC2Sc3cc(C4NC(c5ccccc5)NC(c5ccc6c(c5)oc5ccccc56)N4)ccc3C2C=C1c1cccc2c1oc1ccccc12. The van der Waals surface area contributed by atoms with Gasteiger partial charge in [-0.1, -0.05) is 127 Å². The fourth-order valence-electron chi connectivity index (χ4n) is 8.24. The van der Waals surface area contributed by atoms with Crippen LogP contribution in [0, 0.1) is 0 Å². The second-order valence-electron chi connectivity index (χ2n) is 13.7. The Morgan fingerprint density at radius 2 is 1.16 bits per heavy atom. The van der Waals surface area contributed by atoms with Crippen LogP contribution in [0.15, 0.2) is 165 Å². The Morgan fingerprint density at radius 1 is 0.510 bits per heavy atom. The van der Waals surface area contributed by atoms with E-state index in [1.54, 1.807) is 0 Å². The van der Waals surface area contributed by atoms with E-state index in [9.17, 15) is 0 Å². The number of nitrogens with one attached hydrogen (secondary N) is 3.